The SMILES string of the molecule is O=C(c1csc(-c2ccc(OCc3cccc(F)c3)cc2F)n1)N1CCOCC1. The molecule has 0 unspecified atom stereocenters. The smallest absolute Gasteiger partial charge is 0.273 e. The van der Waals surface area contributed by atoms with Gasteiger partial charge in [0.1, 0.15) is 34.7 Å². The number of ether oxygens (including phenoxy) is 2. The van der Waals surface area contributed by atoms with Gasteiger partial charge in [-0.05, 0) is 29.8 Å². The van der Waals surface area contributed by atoms with Gasteiger partial charge in [0.25, 0.3) is 5.91 Å². The zero-order valence-corrected chi connectivity index (χ0v) is 16.3. The maximum atomic E-state index is 14.6. The Balaban J connectivity index is 1.45. The van der Waals surface area contributed by atoms with E-state index in [0.717, 1.165) is 0 Å². The maximum absolute atomic E-state index is 14.6. The van der Waals surface area contributed by atoms with E-state index in [-0.39, 0.29) is 18.3 Å². The molecule has 1 saturated heterocycles. The average molecular weight is 416 g/mol. The third-order valence-corrected chi connectivity index (χ3v) is 5.36. The monoisotopic (exact) mass is 416 g/mol. The Morgan fingerprint density at radius 3 is 2.76 bits per heavy atom. The average Bonchev–Trinajstić information content (AvgIpc) is 3.22. The molecule has 1 amide bonds. The van der Waals surface area contributed by atoms with Crippen molar-refractivity contribution in [1.29, 1.82) is 0 Å². The number of nitrogens with zero attached hydrogens (tertiary/aromatic N) is 2. The zero-order chi connectivity index (χ0) is 20.2. The summed E-state index contributed by atoms with van der Waals surface area (Å²) in [4.78, 5) is 18.5. The van der Waals surface area contributed by atoms with Crippen molar-refractivity contribution in [2.24, 2.45) is 0 Å². The van der Waals surface area contributed by atoms with Gasteiger partial charge in [-0.15, -0.1) is 11.3 Å². The summed E-state index contributed by atoms with van der Waals surface area (Å²) in [5, 5.41) is 2.07. The van der Waals surface area contributed by atoms with Crippen LogP contribution in [0.4, 0.5) is 8.78 Å². The van der Waals surface area contributed by atoms with Gasteiger partial charge in [0.15, 0.2) is 0 Å². The van der Waals surface area contributed by atoms with Crippen molar-refractivity contribution in [2.75, 3.05) is 26.3 Å². The normalized spacial score (nSPS) is 14.1. The van der Waals surface area contributed by atoms with E-state index in [1.54, 1.807) is 34.5 Å². The van der Waals surface area contributed by atoms with Crippen molar-refractivity contribution in [1.82, 2.24) is 9.88 Å². The minimum absolute atomic E-state index is 0.131. The minimum Gasteiger partial charge on any atom is -0.489 e. The highest BCUT2D eigenvalue weighted by atomic mass is 32.1. The minimum atomic E-state index is -0.499. The van der Waals surface area contributed by atoms with Crippen molar-refractivity contribution >= 4 is 17.2 Å². The van der Waals surface area contributed by atoms with Gasteiger partial charge in [-0.25, -0.2) is 13.8 Å². The zero-order valence-electron chi connectivity index (χ0n) is 15.4. The number of carbonyl (C=O) groups excluding carboxylic acids is 1. The Hall–Kier alpha value is -2.84. The second-order valence-corrected chi connectivity index (χ2v) is 7.36. The molecular formula is C21H18F2N2O3S. The lowest BCUT2D eigenvalue weighted by Crippen LogP contribution is -2.40. The molecule has 0 atom stereocenters. The van der Waals surface area contributed by atoms with Crippen LogP contribution in [0.15, 0.2) is 47.8 Å². The van der Waals surface area contributed by atoms with E-state index >= 15 is 0 Å². The van der Waals surface area contributed by atoms with E-state index in [1.807, 2.05) is 0 Å². The number of benzene rings is 2. The Morgan fingerprint density at radius 1 is 1.17 bits per heavy atom. The van der Waals surface area contributed by atoms with E-state index in [0.29, 0.717) is 53.9 Å². The lowest BCUT2D eigenvalue weighted by molar-refractivity contribution is 0.0299. The number of hydrogen-bond donors (Lipinski definition) is 0. The summed E-state index contributed by atoms with van der Waals surface area (Å²) in [6.45, 7) is 2.20. The molecule has 150 valence electrons. The fraction of sp³-hybridized carbons (Fsp3) is 0.238. The second kappa shape index (κ2) is 8.67. The Kier molecular flexibility index (Phi) is 5.82. The van der Waals surface area contributed by atoms with Gasteiger partial charge in [-0.3, -0.25) is 4.79 Å². The molecule has 0 bridgehead atoms. The molecule has 0 saturated carbocycles. The molecule has 0 aliphatic carbocycles. The Morgan fingerprint density at radius 2 is 2.00 bits per heavy atom. The number of morpholine rings is 1. The van der Waals surface area contributed by atoms with Crippen molar-refractivity contribution in [3.05, 3.63) is 70.7 Å². The summed E-state index contributed by atoms with van der Waals surface area (Å²) in [7, 11) is 0. The molecule has 3 aromatic rings. The van der Waals surface area contributed by atoms with E-state index < -0.39 is 5.82 Å². The van der Waals surface area contributed by atoms with Gasteiger partial charge >= 0.3 is 0 Å². The molecule has 29 heavy (non-hydrogen) atoms. The topological polar surface area (TPSA) is 51.7 Å². The van der Waals surface area contributed by atoms with E-state index in [4.69, 9.17) is 9.47 Å². The van der Waals surface area contributed by atoms with Crippen molar-refractivity contribution in [3.8, 4) is 16.3 Å². The van der Waals surface area contributed by atoms with Crippen LogP contribution in [-0.4, -0.2) is 42.1 Å². The largest absolute Gasteiger partial charge is 0.489 e. The second-order valence-electron chi connectivity index (χ2n) is 6.50. The molecule has 1 aromatic heterocycles. The molecular weight excluding hydrogens is 398 g/mol. The molecule has 0 spiro atoms. The number of aromatic nitrogens is 1. The van der Waals surface area contributed by atoms with Gasteiger partial charge in [0.05, 0.1) is 13.2 Å². The van der Waals surface area contributed by atoms with Gasteiger partial charge in [-0.1, -0.05) is 12.1 Å². The van der Waals surface area contributed by atoms with Crippen LogP contribution in [-0.2, 0) is 11.3 Å². The van der Waals surface area contributed by atoms with Crippen LogP contribution in [0.5, 0.6) is 5.75 Å². The first-order valence-electron chi connectivity index (χ1n) is 9.10. The van der Waals surface area contributed by atoms with E-state index in [9.17, 15) is 13.6 Å². The first-order chi connectivity index (χ1) is 14.1. The molecule has 1 aliphatic heterocycles. The standard InChI is InChI=1S/C21H18F2N2O3S/c22-15-3-1-2-14(10-15)12-28-16-4-5-17(18(23)11-16)20-24-19(13-29-20)21(26)25-6-8-27-9-7-25/h1-5,10-11,13H,6-9,12H2. The number of amides is 1. The third kappa shape index (κ3) is 4.60. The van der Waals surface area contributed by atoms with Crippen LogP contribution >= 0.6 is 11.3 Å². The van der Waals surface area contributed by atoms with Crippen molar-refractivity contribution in [3.63, 3.8) is 0 Å². The van der Waals surface area contributed by atoms with Gasteiger partial charge in [-0.2, -0.15) is 0 Å². The highest BCUT2D eigenvalue weighted by Gasteiger charge is 2.22. The highest BCUT2D eigenvalue weighted by molar-refractivity contribution is 7.13. The fourth-order valence-corrected chi connectivity index (χ4v) is 3.80. The van der Waals surface area contributed by atoms with Crippen LogP contribution in [0, 0.1) is 11.6 Å². The first kappa shape index (κ1) is 19.5. The summed E-state index contributed by atoms with van der Waals surface area (Å²) >= 11 is 1.21. The molecule has 1 aliphatic rings. The summed E-state index contributed by atoms with van der Waals surface area (Å²) in [5.41, 5.74) is 1.26. The predicted molar refractivity (Wildman–Crippen MR) is 105 cm³/mol. The van der Waals surface area contributed by atoms with Gasteiger partial charge in [0.2, 0.25) is 0 Å². The van der Waals surface area contributed by atoms with E-state index in [2.05, 4.69) is 4.98 Å². The lowest BCUT2D eigenvalue weighted by atomic mass is 10.2. The van der Waals surface area contributed by atoms with Crippen LogP contribution < -0.4 is 4.74 Å². The predicted octanol–water partition coefficient (Wildman–Crippen LogP) is 4.14. The third-order valence-electron chi connectivity index (χ3n) is 4.49. The molecule has 2 aromatic carbocycles. The molecule has 8 heteroatoms. The molecule has 2 heterocycles. The molecule has 5 nitrogen and oxygen atoms in total. The number of carbonyl (C=O) groups is 1. The quantitative estimate of drug-likeness (QED) is 0.627. The molecule has 0 radical (unpaired) electrons. The Bertz CT molecular complexity index is 1020. The summed E-state index contributed by atoms with van der Waals surface area (Å²) in [6.07, 6.45) is 0. The fourth-order valence-electron chi connectivity index (χ4n) is 2.98. The van der Waals surface area contributed by atoms with Crippen LogP contribution in [0.3, 0.4) is 0 Å². The first-order valence-corrected chi connectivity index (χ1v) is 9.98. The number of rotatable bonds is 5. The maximum Gasteiger partial charge on any atom is 0.273 e. The molecule has 4 rings (SSSR count). The van der Waals surface area contributed by atoms with Crippen LogP contribution in [0.2, 0.25) is 0 Å². The van der Waals surface area contributed by atoms with Crippen molar-refractivity contribution < 1.29 is 23.0 Å². The number of hydrogen-bond acceptors (Lipinski definition) is 5. The summed E-state index contributed by atoms with van der Waals surface area (Å²) in [6, 6.07) is 10.5. The highest BCUT2D eigenvalue weighted by Crippen LogP contribution is 2.29. The van der Waals surface area contributed by atoms with Gasteiger partial charge < -0.3 is 14.4 Å². The number of thiazole rings is 1. The van der Waals surface area contributed by atoms with Crippen LogP contribution in [0.1, 0.15) is 16.1 Å². The van der Waals surface area contributed by atoms with E-state index in [1.165, 1.54) is 29.5 Å². The summed E-state index contributed by atoms with van der Waals surface area (Å²) < 4.78 is 38.6. The van der Waals surface area contributed by atoms with Crippen LogP contribution in [0.25, 0.3) is 10.6 Å². The molecule has 1 fully saturated rings. The molecule has 0 N–H and O–H groups in total. The summed E-state index contributed by atoms with van der Waals surface area (Å²) in [5.74, 6) is -0.691. The lowest BCUT2D eigenvalue weighted by Gasteiger charge is -2.25. The van der Waals surface area contributed by atoms with Gasteiger partial charge in [0, 0.05) is 30.1 Å². The van der Waals surface area contributed by atoms with Crippen molar-refractivity contribution in [2.45, 2.75) is 6.61 Å². The number of halogens is 2. The Labute approximate surface area is 170 Å².